The van der Waals surface area contributed by atoms with Crippen LogP contribution < -0.4 is 10.9 Å². The number of hydrogen-bond acceptors (Lipinski definition) is 4. The van der Waals surface area contributed by atoms with Crippen LogP contribution in [-0.4, -0.2) is 23.7 Å². The van der Waals surface area contributed by atoms with Gasteiger partial charge in [0.2, 0.25) is 0 Å². The summed E-state index contributed by atoms with van der Waals surface area (Å²) in [5.41, 5.74) is -0.228. The van der Waals surface area contributed by atoms with E-state index >= 15 is 0 Å². The van der Waals surface area contributed by atoms with Crippen LogP contribution in [0.5, 0.6) is 0 Å². The van der Waals surface area contributed by atoms with Crippen molar-refractivity contribution in [2.75, 3.05) is 6.61 Å². The van der Waals surface area contributed by atoms with Gasteiger partial charge >= 0.3 is 5.63 Å². The van der Waals surface area contributed by atoms with Gasteiger partial charge in [-0.15, -0.1) is 0 Å². The van der Waals surface area contributed by atoms with E-state index in [9.17, 15) is 9.59 Å². The van der Waals surface area contributed by atoms with E-state index in [4.69, 9.17) is 5.11 Å². The van der Waals surface area contributed by atoms with Crippen LogP contribution in [0.3, 0.4) is 0 Å². The maximum absolute atomic E-state index is 11.7. The van der Waals surface area contributed by atoms with Crippen LogP contribution >= 0.6 is 0 Å². The number of aliphatic hydroxyl groups is 1. The van der Waals surface area contributed by atoms with Gasteiger partial charge in [-0.3, -0.25) is 4.79 Å². The highest BCUT2D eigenvalue weighted by atomic mass is 16.4. The van der Waals surface area contributed by atoms with Gasteiger partial charge in [0.25, 0.3) is 5.91 Å². The molecule has 1 heterocycles. The van der Waals surface area contributed by atoms with Crippen LogP contribution in [0.1, 0.15) is 30.6 Å². The van der Waals surface area contributed by atoms with Crippen LogP contribution in [0.25, 0.3) is 0 Å². The Bertz CT molecular complexity index is 404. The molecule has 2 N–H and O–H groups in total. The zero-order valence-electron chi connectivity index (χ0n) is 9.97. The Kier molecular flexibility index (Phi) is 4.90. The summed E-state index contributed by atoms with van der Waals surface area (Å²) in [6, 6.07) is 2.30. The molecule has 0 saturated heterocycles. The lowest BCUT2D eigenvalue weighted by Crippen LogP contribution is -2.38. The predicted molar refractivity (Wildman–Crippen MR) is 62.8 cm³/mol. The predicted octanol–water partition coefficient (Wildman–Crippen LogP) is 0.777. The van der Waals surface area contributed by atoms with E-state index in [0.717, 1.165) is 6.26 Å². The smallest absolute Gasteiger partial charge is 0.335 e. The number of carbonyl (C=O) groups is 1. The van der Waals surface area contributed by atoms with Gasteiger partial charge in [-0.05, 0) is 18.4 Å². The standard InChI is InChI=1S/C12H17NO4/c1-8(2)5-10(6-14)13-12(16)9-3-4-11(15)17-7-9/h3-4,7-8,10,14H,5-6H2,1-2H3,(H,13,16). The highest BCUT2D eigenvalue weighted by Gasteiger charge is 2.14. The zero-order chi connectivity index (χ0) is 12.8. The number of amides is 1. The molecule has 1 atom stereocenters. The SMILES string of the molecule is CC(C)CC(CO)NC(=O)c1ccc(=O)oc1. The molecule has 1 amide bonds. The molecule has 1 unspecified atom stereocenters. The average Bonchev–Trinajstić information content (AvgIpc) is 2.28. The Morgan fingerprint density at radius 3 is 2.65 bits per heavy atom. The molecule has 5 nitrogen and oxygen atoms in total. The van der Waals surface area contributed by atoms with E-state index in [1.165, 1.54) is 12.1 Å². The van der Waals surface area contributed by atoms with Crippen molar-refractivity contribution in [1.29, 1.82) is 0 Å². The summed E-state index contributed by atoms with van der Waals surface area (Å²) in [5, 5.41) is 11.8. The van der Waals surface area contributed by atoms with Crippen LogP contribution in [0.4, 0.5) is 0 Å². The third-order valence-electron chi connectivity index (χ3n) is 2.27. The Hall–Kier alpha value is -1.62. The van der Waals surface area contributed by atoms with Gasteiger partial charge in [0.1, 0.15) is 6.26 Å². The van der Waals surface area contributed by atoms with E-state index < -0.39 is 5.63 Å². The summed E-state index contributed by atoms with van der Waals surface area (Å²) in [6.07, 6.45) is 1.81. The first-order valence-corrected chi connectivity index (χ1v) is 5.53. The topological polar surface area (TPSA) is 79.5 Å². The summed E-state index contributed by atoms with van der Waals surface area (Å²) in [6.45, 7) is 3.91. The second-order valence-corrected chi connectivity index (χ2v) is 4.33. The highest BCUT2D eigenvalue weighted by Crippen LogP contribution is 2.05. The third kappa shape index (κ3) is 4.40. The Morgan fingerprint density at radius 2 is 2.18 bits per heavy atom. The lowest BCUT2D eigenvalue weighted by molar-refractivity contribution is 0.0906. The molecule has 1 aromatic rings. The summed E-state index contributed by atoms with van der Waals surface area (Å²) in [5.74, 6) is 0.0228. The summed E-state index contributed by atoms with van der Waals surface area (Å²) in [7, 11) is 0. The van der Waals surface area contributed by atoms with Crippen molar-refractivity contribution < 1.29 is 14.3 Å². The molecule has 1 rings (SSSR count). The molecule has 0 radical (unpaired) electrons. The van der Waals surface area contributed by atoms with Gasteiger partial charge in [-0.25, -0.2) is 4.79 Å². The van der Waals surface area contributed by atoms with Crippen LogP contribution in [0.2, 0.25) is 0 Å². The second kappa shape index (κ2) is 6.20. The molecule has 0 saturated carbocycles. The summed E-state index contributed by atoms with van der Waals surface area (Å²) >= 11 is 0. The van der Waals surface area contributed by atoms with Crippen molar-refractivity contribution >= 4 is 5.91 Å². The molecule has 0 aliphatic heterocycles. The largest absolute Gasteiger partial charge is 0.430 e. The molecule has 0 spiro atoms. The summed E-state index contributed by atoms with van der Waals surface area (Å²) < 4.78 is 4.60. The maximum atomic E-state index is 11.7. The first kappa shape index (κ1) is 13.4. The van der Waals surface area contributed by atoms with Crippen molar-refractivity contribution in [2.24, 2.45) is 5.92 Å². The zero-order valence-corrected chi connectivity index (χ0v) is 9.97. The molecule has 0 aliphatic carbocycles. The van der Waals surface area contributed by atoms with Crippen LogP contribution in [0, 0.1) is 5.92 Å². The third-order valence-corrected chi connectivity index (χ3v) is 2.27. The quantitative estimate of drug-likeness (QED) is 0.795. The van der Waals surface area contributed by atoms with E-state index in [-0.39, 0.29) is 24.1 Å². The van der Waals surface area contributed by atoms with Gasteiger partial charge in [0.15, 0.2) is 0 Å². The van der Waals surface area contributed by atoms with E-state index in [0.29, 0.717) is 12.3 Å². The van der Waals surface area contributed by atoms with E-state index in [2.05, 4.69) is 9.73 Å². The van der Waals surface area contributed by atoms with Crippen molar-refractivity contribution in [3.63, 3.8) is 0 Å². The molecule has 0 fully saturated rings. The van der Waals surface area contributed by atoms with Gasteiger partial charge in [0, 0.05) is 6.07 Å². The Labute approximate surface area is 99.5 Å². The highest BCUT2D eigenvalue weighted by molar-refractivity contribution is 5.93. The maximum Gasteiger partial charge on any atom is 0.335 e. The van der Waals surface area contributed by atoms with Gasteiger partial charge < -0.3 is 14.8 Å². The number of hydrogen-bond donors (Lipinski definition) is 2. The van der Waals surface area contributed by atoms with Crippen molar-refractivity contribution in [1.82, 2.24) is 5.32 Å². The lowest BCUT2D eigenvalue weighted by atomic mass is 10.0. The Balaban J connectivity index is 2.64. The molecular weight excluding hydrogens is 222 g/mol. The van der Waals surface area contributed by atoms with E-state index in [1.54, 1.807) is 0 Å². The molecule has 0 bridgehead atoms. The minimum Gasteiger partial charge on any atom is -0.430 e. The molecule has 17 heavy (non-hydrogen) atoms. The number of carbonyl (C=O) groups excluding carboxylic acids is 1. The van der Waals surface area contributed by atoms with Gasteiger partial charge in [-0.2, -0.15) is 0 Å². The molecule has 1 aromatic heterocycles. The fourth-order valence-electron chi connectivity index (χ4n) is 1.50. The van der Waals surface area contributed by atoms with Crippen molar-refractivity contribution in [2.45, 2.75) is 26.3 Å². The van der Waals surface area contributed by atoms with Gasteiger partial charge in [-0.1, -0.05) is 13.8 Å². The minimum atomic E-state index is -0.498. The molecular formula is C12H17NO4. The lowest BCUT2D eigenvalue weighted by Gasteiger charge is -2.17. The summed E-state index contributed by atoms with van der Waals surface area (Å²) in [4.78, 5) is 22.5. The first-order valence-electron chi connectivity index (χ1n) is 5.53. The molecule has 94 valence electrons. The average molecular weight is 239 g/mol. The first-order chi connectivity index (χ1) is 8.02. The van der Waals surface area contributed by atoms with Crippen molar-refractivity contribution in [3.05, 3.63) is 34.4 Å². The minimum absolute atomic E-state index is 0.110. The number of rotatable bonds is 5. The number of nitrogens with one attached hydrogen (secondary N) is 1. The normalized spacial score (nSPS) is 12.5. The number of aliphatic hydroxyl groups excluding tert-OH is 1. The fraction of sp³-hybridized carbons (Fsp3) is 0.500. The Morgan fingerprint density at radius 1 is 1.47 bits per heavy atom. The fourth-order valence-corrected chi connectivity index (χ4v) is 1.50. The van der Waals surface area contributed by atoms with E-state index in [1.807, 2.05) is 13.8 Å². The van der Waals surface area contributed by atoms with Crippen LogP contribution in [0.15, 0.2) is 27.6 Å². The van der Waals surface area contributed by atoms with Crippen molar-refractivity contribution in [3.8, 4) is 0 Å². The molecule has 0 aromatic carbocycles. The molecule has 5 heteroatoms. The van der Waals surface area contributed by atoms with Crippen LogP contribution in [-0.2, 0) is 0 Å². The molecule has 0 aliphatic rings. The van der Waals surface area contributed by atoms with Gasteiger partial charge in [0.05, 0.1) is 18.2 Å². The second-order valence-electron chi connectivity index (χ2n) is 4.33. The monoisotopic (exact) mass is 239 g/mol.